The topological polar surface area (TPSA) is 30.8 Å². The first-order valence-corrected chi connectivity index (χ1v) is 3.54. The molecule has 0 N–H and O–H groups in total. The zero-order chi connectivity index (χ0) is 7.40. The molecule has 0 bridgehead atoms. The van der Waals surface area contributed by atoms with E-state index in [1.165, 1.54) is 0 Å². The van der Waals surface area contributed by atoms with Crippen molar-refractivity contribution in [3.8, 4) is 0 Å². The fraction of sp³-hybridized carbons (Fsp3) is 0.857. The summed E-state index contributed by atoms with van der Waals surface area (Å²) in [5.74, 6) is 0.547. The van der Waals surface area contributed by atoms with Crippen LogP contribution in [0, 0.1) is 5.92 Å². The number of oxime groups is 1. The molecular formula is C7H13NO2. The van der Waals surface area contributed by atoms with E-state index in [9.17, 15) is 0 Å². The van der Waals surface area contributed by atoms with Gasteiger partial charge < -0.3 is 9.57 Å². The van der Waals surface area contributed by atoms with Crippen molar-refractivity contribution in [2.24, 2.45) is 11.1 Å². The fourth-order valence-electron chi connectivity index (χ4n) is 0.524. The summed E-state index contributed by atoms with van der Waals surface area (Å²) in [5.41, 5.74) is 1.01. The van der Waals surface area contributed by atoms with E-state index < -0.39 is 0 Å². The molecule has 0 aliphatic carbocycles. The molecule has 0 aromatic rings. The zero-order valence-electron chi connectivity index (χ0n) is 6.46. The van der Waals surface area contributed by atoms with Gasteiger partial charge in [-0.1, -0.05) is 19.0 Å². The summed E-state index contributed by atoms with van der Waals surface area (Å²) in [6.07, 6.45) is 0. The Balaban J connectivity index is 2.03. The van der Waals surface area contributed by atoms with Gasteiger partial charge in [0.15, 0.2) is 0 Å². The molecule has 1 heterocycles. The van der Waals surface area contributed by atoms with E-state index in [-0.39, 0.29) is 0 Å². The third kappa shape index (κ3) is 2.35. The highest BCUT2D eigenvalue weighted by Crippen LogP contribution is 1.98. The molecule has 3 heteroatoms. The lowest BCUT2D eigenvalue weighted by atomic mass is 10.2. The van der Waals surface area contributed by atoms with Crippen molar-refractivity contribution in [2.75, 3.05) is 19.8 Å². The monoisotopic (exact) mass is 143 g/mol. The molecule has 0 saturated carbocycles. The minimum Gasteiger partial charge on any atom is -0.395 e. The van der Waals surface area contributed by atoms with E-state index in [1.54, 1.807) is 0 Å². The van der Waals surface area contributed by atoms with Crippen LogP contribution in [0.2, 0.25) is 0 Å². The molecule has 0 atom stereocenters. The molecule has 0 aromatic carbocycles. The Kier molecular flexibility index (Phi) is 2.68. The van der Waals surface area contributed by atoms with Crippen LogP contribution < -0.4 is 0 Å². The van der Waals surface area contributed by atoms with Crippen molar-refractivity contribution in [3.63, 3.8) is 0 Å². The molecular weight excluding hydrogens is 130 g/mol. The van der Waals surface area contributed by atoms with E-state index in [1.807, 2.05) is 0 Å². The molecule has 1 aliphatic rings. The number of ether oxygens (including phenoxy) is 1. The van der Waals surface area contributed by atoms with Gasteiger partial charge in [-0.15, -0.1) is 0 Å². The lowest BCUT2D eigenvalue weighted by molar-refractivity contribution is 0.0962. The normalized spacial score (nSPS) is 16.9. The maximum Gasteiger partial charge on any atom is 0.119 e. The summed E-state index contributed by atoms with van der Waals surface area (Å²) in [5, 5.41) is 3.86. The van der Waals surface area contributed by atoms with Gasteiger partial charge in [0.25, 0.3) is 0 Å². The van der Waals surface area contributed by atoms with Crippen molar-refractivity contribution in [1.82, 2.24) is 0 Å². The highest BCUT2D eigenvalue weighted by Gasteiger charge is 2.10. The van der Waals surface area contributed by atoms with E-state index in [2.05, 4.69) is 19.0 Å². The first kappa shape index (κ1) is 7.54. The second kappa shape index (κ2) is 3.56. The molecule has 1 fully saturated rings. The predicted molar refractivity (Wildman–Crippen MR) is 39.0 cm³/mol. The second-order valence-electron chi connectivity index (χ2n) is 2.84. The molecule has 0 radical (unpaired) electrons. The Hall–Kier alpha value is -0.570. The zero-order valence-corrected chi connectivity index (χ0v) is 6.46. The Morgan fingerprint density at radius 3 is 2.70 bits per heavy atom. The summed E-state index contributed by atoms with van der Waals surface area (Å²) in [6, 6.07) is 0. The van der Waals surface area contributed by atoms with Crippen molar-refractivity contribution in [1.29, 1.82) is 0 Å². The van der Waals surface area contributed by atoms with Gasteiger partial charge in [0.1, 0.15) is 12.3 Å². The minimum atomic E-state index is 0.547. The lowest BCUT2D eigenvalue weighted by Gasteiger charge is -2.14. The average molecular weight is 143 g/mol. The van der Waals surface area contributed by atoms with E-state index in [0.29, 0.717) is 25.7 Å². The molecule has 1 aliphatic heterocycles. The summed E-state index contributed by atoms with van der Waals surface area (Å²) in [7, 11) is 0. The number of nitrogens with zero attached hydrogens (tertiary/aromatic N) is 1. The standard InChI is InChI=1S/C7H13NO2/c1-6(2)3-10-8-7-4-9-5-7/h6H,3-5H2,1-2H3. The molecule has 0 amide bonds. The number of hydrogen-bond acceptors (Lipinski definition) is 3. The maximum atomic E-state index is 5.01. The summed E-state index contributed by atoms with van der Waals surface area (Å²) in [6.45, 7) is 6.19. The SMILES string of the molecule is CC(C)CON=C1COC1. The fourth-order valence-corrected chi connectivity index (χ4v) is 0.524. The predicted octanol–water partition coefficient (Wildman–Crippen LogP) is 1.05. The molecule has 1 saturated heterocycles. The van der Waals surface area contributed by atoms with E-state index >= 15 is 0 Å². The molecule has 0 unspecified atom stereocenters. The molecule has 0 spiro atoms. The van der Waals surface area contributed by atoms with Crippen LogP contribution in [0.15, 0.2) is 5.16 Å². The van der Waals surface area contributed by atoms with Crippen molar-refractivity contribution in [3.05, 3.63) is 0 Å². The van der Waals surface area contributed by atoms with Crippen LogP contribution >= 0.6 is 0 Å². The Bertz CT molecular complexity index is 126. The van der Waals surface area contributed by atoms with Crippen molar-refractivity contribution < 1.29 is 9.57 Å². The van der Waals surface area contributed by atoms with Gasteiger partial charge in [-0.25, -0.2) is 0 Å². The molecule has 1 rings (SSSR count). The lowest BCUT2D eigenvalue weighted by Crippen LogP contribution is -2.27. The molecule has 58 valence electrons. The van der Waals surface area contributed by atoms with Crippen molar-refractivity contribution in [2.45, 2.75) is 13.8 Å². The van der Waals surface area contributed by atoms with E-state index in [4.69, 9.17) is 9.57 Å². The largest absolute Gasteiger partial charge is 0.395 e. The molecule has 3 nitrogen and oxygen atoms in total. The Morgan fingerprint density at radius 2 is 2.30 bits per heavy atom. The molecule has 0 aromatic heterocycles. The van der Waals surface area contributed by atoms with Crippen LogP contribution in [0.3, 0.4) is 0 Å². The summed E-state index contributed by atoms with van der Waals surface area (Å²) in [4.78, 5) is 5.01. The minimum absolute atomic E-state index is 0.547. The third-order valence-corrected chi connectivity index (χ3v) is 1.14. The maximum absolute atomic E-state index is 5.01. The van der Waals surface area contributed by atoms with Gasteiger partial charge >= 0.3 is 0 Å². The van der Waals surface area contributed by atoms with Crippen LogP contribution in [0.1, 0.15) is 13.8 Å². The van der Waals surface area contributed by atoms with Gasteiger partial charge in [0.2, 0.25) is 0 Å². The first-order chi connectivity index (χ1) is 4.79. The van der Waals surface area contributed by atoms with Gasteiger partial charge in [0.05, 0.1) is 13.2 Å². The second-order valence-corrected chi connectivity index (χ2v) is 2.84. The molecule has 10 heavy (non-hydrogen) atoms. The van der Waals surface area contributed by atoms with Crippen LogP contribution in [0.4, 0.5) is 0 Å². The highest BCUT2D eigenvalue weighted by molar-refractivity contribution is 5.90. The van der Waals surface area contributed by atoms with E-state index in [0.717, 1.165) is 5.71 Å². The van der Waals surface area contributed by atoms with Crippen LogP contribution in [0.25, 0.3) is 0 Å². The Morgan fingerprint density at radius 1 is 1.60 bits per heavy atom. The van der Waals surface area contributed by atoms with Gasteiger partial charge in [-0.2, -0.15) is 0 Å². The van der Waals surface area contributed by atoms with Gasteiger partial charge in [-0.05, 0) is 5.92 Å². The number of rotatable bonds is 3. The average Bonchev–Trinajstić information content (AvgIpc) is 1.75. The Labute approximate surface area is 61.0 Å². The van der Waals surface area contributed by atoms with Crippen LogP contribution in [-0.4, -0.2) is 25.5 Å². The van der Waals surface area contributed by atoms with Crippen LogP contribution in [-0.2, 0) is 9.57 Å². The van der Waals surface area contributed by atoms with Crippen LogP contribution in [0.5, 0.6) is 0 Å². The van der Waals surface area contributed by atoms with Gasteiger partial charge in [0, 0.05) is 0 Å². The highest BCUT2D eigenvalue weighted by atomic mass is 16.6. The van der Waals surface area contributed by atoms with Crippen molar-refractivity contribution >= 4 is 5.71 Å². The third-order valence-electron chi connectivity index (χ3n) is 1.14. The first-order valence-electron chi connectivity index (χ1n) is 3.54. The van der Waals surface area contributed by atoms with Gasteiger partial charge in [-0.3, -0.25) is 0 Å². The smallest absolute Gasteiger partial charge is 0.119 e. The summed E-state index contributed by atoms with van der Waals surface area (Å²) < 4.78 is 4.88. The number of hydrogen-bond donors (Lipinski definition) is 0. The quantitative estimate of drug-likeness (QED) is 0.553. The summed E-state index contributed by atoms with van der Waals surface area (Å²) >= 11 is 0.